The molecule has 0 atom stereocenters. The van der Waals surface area contributed by atoms with Crippen molar-refractivity contribution in [2.75, 3.05) is 0 Å². The van der Waals surface area contributed by atoms with Gasteiger partial charge >= 0.3 is 0 Å². The summed E-state index contributed by atoms with van der Waals surface area (Å²) in [6, 6.07) is 0. The highest BCUT2D eigenvalue weighted by molar-refractivity contribution is 5.51. The van der Waals surface area contributed by atoms with Crippen LogP contribution in [0.25, 0.3) is 0 Å². The summed E-state index contributed by atoms with van der Waals surface area (Å²) in [4.78, 5) is 0. The van der Waals surface area contributed by atoms with Gasteiger partial charge in [-0.05, 0) is 30.9 Å². The SMILES string of the molecule is CC.CC.CC1=CCC=C(C2=CC=CCC=C2)C=C1. The Morgan fingerprint density at radius 1 is 0.737 bits per heavy atom. The van der Waals surface area contributed by atoms with Crippen molar-refractivity contribution in [3.05, 3.63) is 71.4 Å². The van der Waals surface area contributed by atoms with E-state index in [4.69, 9.17) is 0 Å². The van der Waals surface area contributed by atoms with Crippen LogP contribution in [0.5, 0.6) is 0 Å². The standard InChI is InChI=1S/C15H16.2C2H6/c1-13-7-6-10-15(12-11-13)14-8-4-2-3-5-9-14;2*1-2/h2,4-5,7-12H,3,6H2,1H3;2*1-2H3. The van der Waals surface area contributed by atoms with Crippen molar-refractivity contribution in [1.82, 2.24) is 0 Å². The molecule has 0 nitrogen and oxygen atoms in total. The van der Waals surface area contributed by atoms with Crippen molar-refractivity contribution in [2.45, 2.75) is 47.5 Å². The first kappa shape index (κ1) is 17.4. The van der Waals surface area contributed by atoms with E-state index >= 15 is 0 Å². The van der Waals surface area contributed by atoms with Crippen molar-refractivity contribution in [3.8, 4) is 0 Å². The largest absolute Gasteiger partial charge is 0.0807 e. The zero-order valence-corrected chi connectivity index (χ0v) is 13.1. The normalized spacial score (nSPS) is 16.6. The Morgan fingerprint density at radius 3 is 2.21 bits per heavy atom. The first-order valence-electron chi connectivity index (χ1n) is 7.45. The Balaban J connectivity index is 0.000000741. The minimum absolute atomic E-state index is 1.03. The maximum atomic E-state index is 2.28. The molecule has 2 rings (SSSR count). The van der Waals surface area contributed by atoms with Gasteiger partial charge in [-0.1, -0.05) is 88.0 Å². The van der Waals surface area contributed by atoms with Gasteiger partial charge in [-0.15, -0.1) is 0 Å². The Hall–Kier alpha value is -1.56. The van der Waals surface area contributed by atoms with Crippen molar-refractivity contribution < 1.29 is 0 Å². The molecule has 19 heavy (non-hydrogen) atoms. The molecule has 2 aliphatic rings. The second-order valence-corrected chi connectivity index (χ2v) is 3.86. The molecule has 0 fully saturated rings. The molecule has 0 spiro atoms. The lowest BCUT2D eigenvalue weighted by Crippen LogP contribution is -1.81. The molecule has 2 aliphatic carbocycles. The maximum Gasteiger partial charge on any atom is -0.0154 e. The lowest BCUT2D eigenvalue weighted by Gasteiger charge is -2.01. The van der Waals surface area contributed by atoms with Crippen LogP contribution < -0.4 is 0 Å². The van der Waals surface area contributed by atoms with Crippen LogP contribution in [0.4, 0.5) is 0 Å². The van der Waals surface area contributed by atoms with Gasteiger partial charge in [0.2, 0.25) is 0 Å². The second-order valence-electron chi connectivity index (χ2n) is 3.86. The van der Waals surface area contributed by atoms with Gasteiger partial charge in [-0.2, -0.15) is 0 Å². The number of hydrogen-bond donors (Lipinski definition) is 0. The molecule has 0 heterocycles. The lowest BCUT2D eigenvalue weighted by molar-refractivity contribution is 1.33. The molecule has 0 saturated heterocycles. The molecule has 0 radical (unpaired) electrons. The summed E-state index contributed by atoms with van der Waals surface area (Å²) >= 11 is 0. The van der Waals surface area contributed by atoms with Gasteiger partial charge in [0, 0.05) is 0 Å². The third-order valence-electron chi connectivity index (χ3n) is 2.62. The second kappa shape index (κ2) is 11.5. The van der Waals surface area contributed by atoms with Gasteiger partial charge in [0.05, 0.1) is 0 Å². The van der Waals surface area contributed by atoms with Crippen molar-refractivity contribution >= 4 is 0 Å². The number of allylic oxidation sites excluding steroid dienone is 12. The summed E-state index contributed by atoms with van der Waals surface area (Å²) in [6.45, 7) is 10.1. The molecule has 0 N–H and O–H groups in total. The van der Waals surface area contributed by atoms with Crippen LogP contribution in [-0.2, 0) is 0 Å². The number of hydrogen-bond acceptors (Lipinski definition) is 0. The Kier molecular flexibility index (Phi) is 10.6. The fraction of sp³-hybridized carbons (Fsp3) is 0.368. The molecule has 104 valence electrons. The molecule has 0 saturated carbocycles. The van der Waals surface area contributed by atoms with Crippen LogP contribution in [0, 0.1) is 0 Å². The van der Waals surface area contributed by atoms with Crippen LogP contribution in [0.1, 0.15) is 47.5 Å². The van der Waals surface area contributed by atoms with E-state index in [1.54, 1.807) is 0 Å². The third kappa shape index (κ3) is 6.81. The highest BCUT2D eigenvalue weighted by Crippen LogP contribution is 2.20. The molecule has 0 aromatic rings. The molecular weight excluding hydrogens is 228 g/mol. The third-order valence-corrected chi connectivity index (χ3v) is 2.62. The molecule has 0 unspecified atom stereocenters. The molecule has 0 bridgehead atoms. The van der Waals surface area contributed by atoms with E-state index in [-0.39, 0.29) is 0 Å². The van der Waals surface area contributed by atoms with Gasteiger partial charge in [0.25, 0.3) is 0 Å². The zero-order chi connectivity index (χ0) is 14.5. The van der Waals surface area contributed by atoms with E-state index in [1.807, 2.05) is 27.7 Å². The van der Waals surface area contributed by atoms with Gasteiger partial charge in [0.15, 0.2) is 0 Å². The average molecular weight is 256 g/mol. The van der Waals surface area contributed by atoms with Crippen molar-refractivity contribution in [2.24, 2.45) is 0 Å². The van der Waals surface area contributed by atoms with Crippen LogP contribution in [0.15, 0.2) is 71.4 Å². The van der Waals surface area contributed by atoms with E-state index in [9.17, 15) is 0 Å². The Labute approximate surface area is 119 Å². The maximum absolute atomic E-state index is 2.28. The highest BCUT2D eigenvalue weighted by atomic mass is 14.1. The monoisotopic (exact) mass is 256 g/mol. The molecule has 0 aromatic heterocycles. The van der Waals surface area contributed by atoms with Crippen LogP contribution in [0.2, 0.25) is 0 Å². The molecule has 0 aromatic carbocycles. The summed E-state index contributed by atoms with van der Waals surface area (Å²) in [5, 5.41) is 0. The lowest BCUT2D eigenvalue weighted by atomic mass is 10.0. The van der Waals surface area contributed by atoms with E-state index in [2.05, 4.69) is 61.6 Å². The molecule has 0 aliphatic heterocycles. The zero-order valence-electron chi connectivity index (χ0n) is 13.1. The molecule has 0 heteroatoms. The van der Waals surface area contributed by atoms with Gasteiger partial charge in [-0.25, -0.2) is 0 Å². The first-order chi connectivity index (χ1) is 9.36. The quantitative estimate of drug-likeness (QED) is 0.515. The topological polar surface area (TPSA) is 0 Å². The van der Waals surface area contributed by atoms with Crippen molar-refractivity contribution in [1.29, 1.82) is 0 Å². The Bertz CT molecular complexity index is 409. The predicted molar refractivity (Wildman–Crippen MR) is 89.3 cm³/mol. The fourth-order valence-electron chi connectivity index (χ4n) is 1.72. The smallest absolute Gasteiger partial charge is 0.0154 e. The highest BCUT2D eigenvalue weighted by Gasteiger charge is 2.00. The van der Waals surface area contributed by atoms with E-state index in [1.165, 1.54) is 16.7 Å². The van der Waals surface area contributed by atoms with Gasteiger partial charge in [-0.3, -0.25) is 0 Å². The molecule has 0 amide bonds. The van der Waals surface area contributed by atoms with E-state index in [0.29, 0.717) is 0 Å². The first-order valence-corrected chi connectivity index (χ1v) is 7.45. The summed E-state index contributed by atoms with van der Waals surface area (Å²) in [7, 11) is 0. The van der Waals surface area contributed by atoms with Crippen LogP contribution in [0.3, 0.4) is 0 Å². The summed E-state index contributed by atoms with van der Waals surface area (Å²) in [5.41, 5.74) is 3.98. The van der Waals surface area contributed by atoms with Crippen LogP contribution in [-0.4, -0.2) is 0 Å². The predicted octanol–water partition coefficient (Wildman–Crippen LogP) is 6.31. The summed E-state index contributed by atoms with van der Waals surface area (Å²) in [5.74, 6) is 0. The van der Waals surface area contributed by atoms with E-state index < -0.39 is 0 Å². The van der Waals surface area contributed by atoms with Gasteiger partial charge in [0.1, 0.15) is 0 Å². The summed E-state index contributed by atoms with van der Waals surface area (Å²) in [6.07, 6.45) is 21.9. The fourth-order valence-corrected chi connectivity index (χ4v) is 1.72. The van der Waals surface area contributed by atoms with Crippen LogP contribution >= 0.6 is 0 Å². The Morgan fingerprint density at radius 2 is 1.47 bits per heavy atom. The minimum atomic E-state index is 1.03. The average Bonchev–Trinajstić information content (AvgIpc) is 2.86. The number of rotatable bonds is 1. The molecular formula is C19H28. The van der Waals surface area contributed by atoms with Crippen molar-refractivity contribution in [3.63, 3.8) is 0 Å². The minimum Gasteiger partial charge on any atom is -0.0807 e. The van der Waals surface area contributed by atoms with E-state index in [0.717, 1.165) is 12.8 Å². The van der Waals surface area contributed by atoms with Gasteiger partial charge < -0.3 is 0 Å². The summed E-state index contributed by atoms with van der Waals surface area (Å²) < 4.78 is 0.